The number of halogens is 4. The molecule has 3 aromatic rings. The summed E-state index contributed by atoms with van der Waals surface area (Å²) in [6, 6.07) is 9.33. The fourth-order valence-electron chi connectivity index (χ4n) is 4.00. The van der Waals surface area contributed by atoms with Crippen LogP contribution in [0.1, 0.15) is 41.0 Å². The van der Waals surface area contributed by atoms with Crippen LogP contribution in [0.25, 0.3) is 0 Å². The number of aryl methyl sites for hydroxylation is 1. The van der Waals surface area contributed by atoms with Gasteiger partial charge in [0.05, 0.1) is 23.7 Å². The summed E-state index contributed by atoms with van der Waals surface area (Å²) in [4.78, 5) is 7.54. The minimum atomic E-state index is -4.50. The normalized spacial score (nSPS) is 15.9. The van der Waals surface area contributed by atoms with E-state index in [1.165, 1.54) is 36.8 Å². The molecule has 1 aliphatic heterocycles. The molecule has 6 nitrogen and oxygen atoms in total. The Hall–Kier alpha value is -3.21. The van der Waals surface area contributed by atoms with Gasteiger partial charge in [0, 0.05) is 23.7 Å². The Morgan fingerprint density at radius 1 is 1.09 bits per heavy atom. The third-order valence-corrected chi connectivity index (χ3v) is 6.93. The number of sulfonamides is 1. The first kappa shape index (κ1) is 23.9. The van der Waals surface area contributed by atoms with Gasteiger partial charge >= 0.3 is 6.18 Å². The summed E-state index contributed by atoms with van der Waals surface area (Å²) in [7, 11) is -3.96. The molecule has 0 bridgehead atoms. The maximum absolute atomic E-state index is 13.3. The van der Waals surface area contributed by atoms with E-state index in [1.807, 2.05) is 0 Å². The molecule has 1 N–H and O–H groups in total. The van der Waals surface area contributed by atoms with E-state index in [9.17, 15) is 26.0 Å². The van der Waals surface area contributed by atoms with Gasteiger partial charge in [0.1, 0.15) is 17.9 Å². The lowest BCUT2D eigenvalue weighted by Gasteiger charge is -2.29. The van der Waals surface area contributed by atoms with E-state index < -0.39 is 28.4 Å². The Balaban J connectivity index is 1.69. The van der Waals surface area contributed by atoms with E-state index in [4.69, 9.17) is 4.74 Å². The van der Waals surface area contributed by atoms with E-state index in [0.29, 0.717) is 28.9 Å². The first-order chi connectivity index (χ1) is 16.2. The number of hydrogen-bond donors (Lipinski definition) is 1. The fourth-order valence-corrected chi connectivity index (χ4v) is 5.03. The van der Waals surface area contributed by atoms with Crippen molar-refractivity contribution in [2.24, 2.45) is 0 Å². The molecule has 1 aliphatic rings. The van der Waals surface area contributed by atoms with Crippen molar-refractivity contribution in [1.29, 1.82) is 0 Å². The predicted octanol–water partition coefficient (Wildman–Crippen LogP) is 5.11. The Labute approximate surface area is 194 Å². The van der Waals surface area contributed by atoms with Crippen molar-refractivity contribution in [1.82, 2.24) is 9.97 Å². The summed E-state index contributed by atoms with van der Waals surface area (Å²) in [5.41, 5.74) is 0.955. The lowest BCUT2D eigenvalue weighted by Crippen LogP contribution is -2.19. The summed E-state index contributed by atoms with van der Waals surface area (Å²) < 4.78 is 86.2. The average molecular weight is 495 g/mol. The van der Waals surface area contributed by atoms with Crippen LogP contribution in [-0.4, -0.2) is 31.7 Å². The minimum absolute atomic E-state index is 0.0458. The zero-order chi connectivity index (χ0) is 24.3. The number of alkyl halides is 4. The second-order valence-corrected chi connectivity index (χ2v) is 9.48. The molecule has 0 fully saturated rings. The quantitative estimate of drug-likeness (QED) is 0.461. The molecule has 1 atom stereocenters. The van der Waals surface area contributed by atoms with Crippen molar-refractivity contribution in [3.05, 3.63) is 77.2 Å². The van der Waals surface area contributed by atoms with Crippen LogP contribution in [0, 0.1) is 0 Å². The topological polar surface area (TPSA) is 81.2 Å². The van der Waals surface area contributed by atoms with Crippen LogP contribution in [-0.2, 0) is 22.6 Å². The molecule has 0 spiro atoms. The van der Waals surface area contributed by atoms with Crippen molar-refractivity contribution >= 4 is 15.8 Å². The van der Waals surface area contributed by atoms with E-state index >= 15 is 0 Å². The maximum Gasteiger partial charge on any atom is 0.416 e. The van der Waals surface area contributed by atoms with Gasteiger partial charge in [-0.05, 0) is 54.7 Å². The van der Waals surface area contributed by atoms with Crippen LogP contribution in [0.4, 0.5) is 23.4 Å². The highest BCUT2D eigenvalue weighted by molar-refractivity contribution is 7.92. The van der Waals surface area contributed by atoms with Crippen molar-refractivity contribution in [2.75, 3.05) is 18.0 Å². The maximum atomic E-state index is 13.3. The Morgan fingerprint density at radius 2 is 1.88 bits per heavy atom. The van der Waals surface area contributed by atoms with Gasteiger partial charge in [0.15, 0.2) is 0 Å². The highest BCUT2D eigenvalue weighted by Gasteiger charge is 2.33. The second-order valence-electron chi connectivity index (χ2n) is 7.79. The zero-order valence-electron chi connectivity index (χ0n) is 17.8. The van der Waals surface area contributed by atoms with Gasteiger partial charge in [0.25, 0.3) is 10.0 Å². The van der Waals surface area contributed by atoms with Crippen LogP contribution in [0.2, 0.25) is 0 Å². The Bertz CT molecular complexity index is 1270. The Kier molecular flexibility index (Phi) is 6.74. The smallest absolute Gasteiger partial charge is 0.416 e. The second kappa shape index (κ2) is 9.57. The lowest BCUT2D eigenvalue weighted by atomic mass is 9.82. The molecular weight excluding hydrogens is 474 g/mol. The molecule has 34 heavy (non-hydrogen) atoms. The standard InChI is InChI=1S/C23H21F4N3O3S/c24-9-1-2-15-12-16(23(25,26)27)3-5-18(15)19-8-11-33-21-13-17(4-6-20(19)21)34(31,32)30-22-7-10-28-14-29-22/h3-7,10,12-14,19H,1-2,8-9,11H2,(H,28,29,30). The summed E-state index contributed by atoms with van der Waals surface area (Å²) in [5.74, 6) is 0.124. The van der Waals surface area contributed by atoms with Crippen molar-refractivity contribution in [3.8, 4) is 5.75 Å². The van der Waals surface area contributed by atoms with Gasteiger partial charge in [-0.25, -0.2) is 18.4 Å². The molecule has 0 saturated carbocycles. The van der Waals surface area contributed by atoms with Gasteiger partial charge in [0.2, 0.25) is 0 Å². The fraction of sp³-hybridized carbons (Fsp3) is 0.304. The predicted molar refractivity (Wildman–Crippen MR) is 117 cm³/mol. The minimum Gasteiger partial charge on any atom is -0.493 e. The van der Waals surface area contributed by atoms with E-state index in [0.717, 1.165) is 12.1 Å². The molecule has 1 aromatic heterocycles. The van der Waals surface area contributed by atoms with Gasteiger partial charge in [-0.3, -0.25) is 9.11 Å². The van der Waals surface area contributed by atoms with E-state index in [2.05, 4.69) is 14.7 Å². The van der Waals surface area contributed by atoms with E-state index in [1.54, 1.807) is 6.07 Å². The molecular formula is C23H21F4N3O3S. The first-order valence-electron chi connectivity index (χ1n) is 10.5. The molecule has 1 unspecified atom stereocenters. The third kappa shape index (κ3) is 5.14. The van der Waals surface area contributed by atoms with Crippen molar-refractivity contribution < 1.29 is 30.7 Å². The van der Waals surface area contributed by atoms with Crippen LogP contribution < -0.4 is 9.46 Å². The highest BCUT2D eigenvalue weighted by atomic mass is 32.2. The molecule has 0 aliphatic carbocycles. The van der Waals surface area contributed by atoms with Gasteiger partial charge in [-0.2, -0.15) is 13.2 Å². The molecule has 11 heteroatoms. The zero-order valence-corrected chi connectivity index (χ0v) is 18.7. The highest BCUT2D eigenvalue weighted by Crippen LogP contribution is 2.42. The lowest BCUT2D eigenvalue weighted by molar-refractivity contribution is -0.137. The largest absolute Gasteiger partial charge is 0.493 e. The molecule has 4 rings (SSSR count). The number of benzene rings is 2. The number of fused-ring (bicyclic) bond motifs is 1. The number of nitrogens with zero attached hydrogens (tertiary/aromatic N) is 2. The number of hydrogen-bond acceptors (Lipinski definition) is 5. The molecule has 2 heterocycles. The van der Waals surface area contributed by atoms with Crippen LogP contribution >= 0.6 is 0 Å². The van der Waals surface area contributed by atoms with Crippen molar-refractivity contribution in [2.45, 2.75) is 36.3 Å². The van der Waals surface area contributed by atoms with Crippen molar-refractivity contribution in [3.63, 3.8) is 0 Å². The monoisotopic (exact) mass is 495 g/mol. The number of anilines is 1. The number of rotatable bonds is 7. The molecule has 2 aromatic carbocycles. The molecule has 0 saturated heterocycles. The summed E-state index contributed by atoms with van der Waals surface area (Å²) in [6.45, 7) is -0.384. The summed E-state index contributed by atoms with van der Waals surface area (Å²) in [5, 5.41) is 0. The molecule has 0 amide bonds. The average Bonchev–Trinajstić information content (AvgIpc) is 2.81. The summed E-state index contributed by atoms with van der Waals surface area (Å²) >= 11 is 0. The Morgan fingerprint density at radius 3 is 2.59 bits per heavy atom. The first-order valence-corrected chi connectivity index (χ1v) is 12.0. The number of nitrogens with one attached hydrogen (secondary N) is 1. The van der Waals surface area contributed by atoms with E-state index in [-0.39, 0.29) is 36.1 Å². The molecule has 0 radical (unpaired) electrons. The summed E-state index contributed by atoms with van der Waals surface area (Å²) in [6.07, 6.45) is -1.13. The number of ether oxygens (including phenoxy) is 1. The number of aromatic nitrogens is 2. The van der Waals surface area contributed by atoms with Crippen LogP contribution in [0.5, 0.6) is 5.75 Å². The SMILES string of the molecule is O=S(=O)(Nc1ccncn1)c1ccc2c(c1)OCCC2c1ccc(C(F)(F)F)cc1CCCF. The van der Waals surface area contributed by atoms with Gasteiger partial charge in [-0.15, -0.1) is 0 Å². The van der Waals surface area contributed by atoms with Crippen LogP contribution in [0.3, 0.4) is 0 Å². The van der Waals surface area contributed by atoms with Gasteiger partial charge in [-0.1, -0.05) is 12.1 Å². The van der Waals surface area contributed by atoms with Gasteiger partial charge < -0.3 is 4.74 Å². The third-order valence-electron chi connectivity index (χ3n) is 5.58. The van der Waals surface area contributed by atoms with Crippen LogP contribution in [0.15, 0.2) is 59.9 Å². The molecule has 180 valence electrons.